The van der Waals surface area contributed by atoms with Gasteiger partial charge in [0.1, 0.15) is 0 Å². The average molecular weight is 305 g/mol. The lowest BCUT2D eigenvalue weighted by molar-refractivity contribution is -0.149. The van der Waals surface area contributed by atoms with Crippen molar-refractivity contribution in [3.63, 3.8) is 0 Å². The summed E-state index contributed by atoms with van der Waals surface area (Å²) in [5, 5.41) is 12.4. The molecule has 0 bridgehead atoms. The number of halogens is 1. The van der Waals surface area contributed by atoms with Crippen molar-refractivity contribution in [2.24, 2.45) is 11.3 Å². The Kier molecular flexibility index (Phi) is 5.83. The lowest BCUT2D eigenvalue weighted by atomic mass is 9.81. The molecule has 1 aliphatic carbocycles. The first kappa shape index (κ1) is 17.2. The largest absolute Gasteiger partial charge is 0.481 e. The van der Waals surface area contributed by atoms with Gasteiger partial charge in [0.25, 0.3) is 0 Å². The van der Waals surface area contributed by atoms with Crippen molar-refractivity contribution in [3.05, 3.63) is 0 Å². The van der Waals surface area contributed by atoms with E-state index in [2.05, 4.69) is 5.32 Å². The molecule has 1 heterocycles. The van der Waals surface area contributed by atoms with Crippen LogP contribution in [0.2, 0.25) is 0 Å². The molecule has 1 aliphatic heterocycles. The first-order chi connectivity index (χ1) is 9.01. The van der Waals surface area contributed by atoms with Gasteiger partial charge in [-0.05, 0) is 32.1 Å². The molecule has 1 saturated carbocycles. The van der Waals surface area contributed by atoms with E-state index in [0.29, 0.717) is 13.1 Å². The van der Waals surface area contributed by atoms with E-state index >= 15 is 0 Å². The summed E-state index contributed by atoms with van der Waals surface area (Å²) in [6.07, 6.45) is 3.65. The fourth-order valence-electron chi connectivity index (χ4n) is 3.53. The van der Waals surface area contributed by atoms with Crippen LogP contribution < -0.4 is 5.32 Å². The number of rotatable bonds is 5. The predicted octanol–water partition coefficient (Wildman–Crippen LogP) is 1.51. The SMILES string of the molecule is CCCNC(=O)C(C)N1C[C@@H]2CCC[C@@]2(C(=O)O)C1.Cl. The monoisotopic (exact) mass is 304 g/mol. The molecule has 2 aliphatic rings. The number of amides is 1. The van der Waals surface area contributed by atoms with Crippen LogP contribution in [0.1, 0.15) is 39.5 Å². The van der Waals surface area contributed by atoms with E-state index in [9.17, 15) is 14.7 Å². The highest BCUT2D eigenvalue weighted by Gasteiger charge is 2.55. The van der Waals surface area contributed by atoms with Crippen molar-refractivity contribution >= 4 is 24.3 Å². The second kappa shape index (κ2) is 6.76. The van der Waals surface area contributed by atoms with Gasteiger partial charge in [-0.3, -0.25) is 14.5 Å². The number of hydrogen-bond donors (Lipinski definition) is 2. The summed E-state index contributed by atoms with van der Waals surface area (Å²) in [7, 11) is 0. The molecule has 2 rings (SSSR count). The van der Waals surface area contributed by atoms with Crippen molar-refractivity contribution < 1.29 is 14.7 Å². The summed E-state index contributed by atoms with van der Waals surface area (Å²) in [5.41, 5.74) is -0.598. The van der Waals surface area contributed by atoms with Gasteiger partial charge < -0.3 is 10.4 Å². The highest BCUT2D eigenvalue weighted by Crippen LogP contribution is 2.49. The minimum absolute atomic E-state index is 0. The molecule has 0 spiro atoms. The third-order valence-corrected chi connectivity index (χ3v) is 4.80. The number of nitrogens with one attached hydrogen (secondary N) is 1. The van der Waals surface area contributed by atoms with Gasteiger partial charge in [-0.1, -0.05) is 13.3 Å². The molecule has 1 saturated heterocycles. The van der Waals surface area contributed by atoms with Gasteiger partial charge in [0.2, 0.25) is 5.91 Å². The standard InChI is InChI=1S/C14H24N2O3.ClH/c1-3-7-15-12(17)10(2)16-8-11-5-4-6-14(11,9-16)13(18)19;/h10-11H,3-9H2,1-2H3,(H,15,17)(H,18,19);1H/t10?,11-,14+;/m0./s1. The number of carboxylic acid groups (broad SMARTS) is 1. The molecule has 6 heteroatoms. The summed E-state index contributed by atoms with van der Waals surface area (Å²) in [6, 6.07) is -0.228. The Labute approximate surface area is 126 Å². The summed E-state index contributed by atoms with van der Waals surface area (Å²) in [5.74, 6) is -0.451. The van der Waals surface area contributed by atoms with Crippen LogP contribution in [-0.4, -0.2) is 47.6 Å². The predicted molar refractivity (Wildman–Crippen MR) is 79.0 cm³/mol. The van der Waals surface area contributed by atoms with Crippen molar-refractivity contribution in [2.45, 2.75) is 45.6 Å². The highest BCUT2D eigenvalue weighted by molar-refractivity contribution is 5.85. The lowest BCUT2D eigenvalue weighted by Gasteiger charge is -2.26. The van der Waals surface area contributed by atoms with Crippen LogP contribution in [0.25, 0.3) is 0 Å². The number of hydrogen-bond acceptors (Lipinski definition) is 3. The Morgan fingerprint density at radius 3 is 2.75 bits per heavy atom. The van der Waals surface area contributed by atoms with E-state index in [-0.39, 0.29) is 30.3 Å². The molecule has 0 radical (unpaired) electrons. The topological polar surface area (TPSA) is 69.6 Å². The molecule has 0 aromatic rings. The Bertz CT molecular complexity index is 377. The number of likely N-dealkylation sites (tertiary alicyclic amines) is 1. The third-order valence-electron chi connectivity index (χ3n) is 4.80. The molecular weight excluding hydrogens is 280 g/mol. The Hall–Kier alpha value is -0.810. The van der Waals surface area contributed by atoms with Crippen LogP contribution in [-0.2, 0) is 9.59 Å². The second-order valence-corrected chi connectivity index (χ2v) is 5.95. The maximum atomic E-state index is 12.0. The van der Waals surface area contributed by atoms with Gasteiger partial charge in [-0.2, -0.15) is 0 Å². The Balaban J connectivity index is 0.00000200. The molecule has 0 aromatic carbocycles. The van der Waals surface area contributed by atoms with Crippen molar-refractivity contribution in [2.75, 3.05) is 19.6 Å². The fourth-order valence-corrected chi connectivity index (χ4v) is 3.53. The molecular formula is C14H25ClN2O3. The van der Waals surface area contributed by atoms with E-state index in [0.717, 1.165) is 32.2 Å². The smallest absolute Gasteiger partial charge is 0.311 e. The van der Waals surface area contributed by atoms with Gasteiger partial charge >= 0.3 is 5.97 Å². The van der Waals surface area contributed by atoms with Gasteiger partial charge in [0.05, 0.1) is 11.5 Å². The number of carboxylic acids is 1. The molecule has 1 amide bonds. The number of aliphatic carboxylic acids is 1. The molecule has 3 atom stereocenters. The zero-order valence-corrected chi connectivity index (χ0v) is 13.0. The van der Waals surface area contributed by atoms with Crippen molar-refractivity contribution in [3.8, 4) is 0 Å². The molecule has 0 aromatic heterocycles. The van der Waals surface area contributed by atoms with Crippen LogP contribution in [0.4, 0.5) is 0 Å². The van der Waals surface area contributed by atoms with Crippen LogP contribution >= 0.6 is 12.4 Å². The molecule has 1 unspecified atom stereocenters. The van der Waals surface area contributed by atoms with Crippen LogP contribution in [0, 0.1) is 11.3 Å². The molecule has 2 fully saturated rings. The van der Waals surface area contributed by atoms with Crippen LogP contribution in [0.5, 0.6) is 0 Å². The zero-order valence-electron chi connectivity index (χ0n) is 12.2. The van der Waals surface area contributed by atoms with Gasteiger partial charge in [0.15, 0.2) is 0 Å². The summed E-state index contributed by atoms with van der Waals surface area (Å²) >= 11 is 0. The van der Waals surface area contributed by atoms with Crippen molar-refractivity contribution in [1.82, 2.24) is 10.2 Å². The Morgan fingerprint density at radius 1 is 1.50 bits per heavy atom. The van der Waals surface area contributed by atoms with Gasteiger partial charge in [-0.15, -0.1) is 12.4 Å². The normalized spacial score (nSPS) is 30.4. The minimum atomic E-state index is -0.682. The molecule has 116 valence electrons. The third kappa shape index (κ3) is 2.93. The molecule has 20 heavy (non-hydrogen) atoms. The minimum Gasteiger partial charge on any atom is -0.481 e. The van der Waals surface area contributed by atoms with E-state index < -0.39 is 11.4 Å². The molecule has 5 nitrogen and oxygen atoms in total. The maximum Gasteiger partial charge on any atom is 0.311 e. The van der Waals surface area contributed by atoms with Gasteiger partial charge in [0, 0.05) is 19.6 Å². The number of fused-ring (bicyclic) bond motifs is 1. The second-order valence-electron chi connectivity index (χ2n) is 5.95. The summed E-state index contributed by atoms with van der Waals surface area (Å²) < 4.78 is 0. The zero-order chi connectivity index (χ0) is 14.0. The summed E-state index contributed by atoms with van der Waals surface area (Å²) in [6.45, 7) is 5.84. The summed E-state index contributed by atoms with van der Waals surface area (Å²) in [4.78, 5) is 25.6. The lowest BCUT2D eigenvalue weighted by Crippen LogP contribution is -2.46. The molecule has 2 N–H and O–H groups in total. The van der Waals surface area contributed by atoms with Crippen LogP contribution in [0.3, 0.4) is 0 Å². The van der Waals surface area contributed by atoms with Crippen LogP contribution in [0.15, 0.2) is 0 Å². The number of carbonyl (C=O) groups is 2. The van der Waals surface area contributed by atoms with E-state index in [1.54, 1.807) is 0 Å². The highest BCUT2D eigenvalue weighted by atomic mass is 35.5. The van der Waals surface area contributed by atoms with Crippen molar-refractivity contribution in [1.29, 1.82) is 0 Å². The maximum absolute atomic E-state index is 12.0. The number of carbonyl (C=O) groups excluding carboxylic acids is 1. The quantitative estimate of drug-likeness (QED) is 0.808. The first-order valence-corrected chi connectivity index (χ1v) is 7.26. The van der Waals surface area contributed by atoms with E-state index in [1.807, 2.05) is 18.7 Å². The average Bonchev–Trinajstić information content (AvgIpc) is 2.92. The van der Waals surface area contributed by atoms with E-state index in [4.69, 9.17) is 0 Å². The number of nitrogens with zero attached hydrogens (tertiary/aromatic N) is 1. The Morgan fingerprint density at radius 2 is 2.20 bits per heavy atom. The van der Waals surface area contributed by atoms with E-state index in [1.165, 1.54) is 0 Å². The van der Waals surface area contributed by atoms with Gasteiger partial charge in [-0.25, -0.2) is 0 Å². The first-order valence-electron chi connectivity index (χ1n) is 7.26. The fraction of sp³-hybridized carbons (Fsp3) is 0.857.